The number of halogens is 2. The van der Waals surface area contributed by atoms with E-state index in [1.807, 2.05) is 25.1 Å². The summed E-state index contributed by atoms with van der Waals surface area (Å²) in [4.78, 5) is 4.17. The highest BCUT2D eigenvalue weighted by molar-refractivity contribution is 7.92. The lowest BCUT2D eigenvalue weighted by atomic mass is 10.0. The first-order valence-corrected chi connectivity index (χ1v) is 9.60. The van der Waals surface area contributed by atoms with Crippen molar-refractivity contribution in [1.29, 1.82) is 0 Å². The molecule has 3 rings (SSSR count). The average molecular weight is 393 g/mol. The van der Waals surface area contributed by atoms with Crippen molar-refractivity contribution in [2.75, 3.05) is 4.72 Å². The van der Waals surface area contributed by atoms with Crippen LogP contribution in [0.4, 0.5) is 5.69 Å². The molecule has 1 N–H and O–H groups in total. The fraction of sp³-hybridized carbons (Fsp3) is 0.0556. The van der Waals surface area contributed by atoms with E-state index in [-0.39, 0.29) is 9.92 Å². The Kier molecular flexibility index (Phi) is 4.99. The Morgan fingerprint density at radius 1 is 0.960 bits per heavy atom. The molecule has 0 radical (unpaired) electrons. The second-order valence-corrected chi connectivity index (χ2v) is 7.95. The molecule has 128 valence electrons. The van der Waals surface area contributed by atoms with Gasteiger partial charge in [-0.1, -0.05) is 35.3 Å². The van der Waals surface area contributed by atoms with E-state index in [1.165, 1.54) is 18.2 Å². The van der Waals surface area contributed by atoms with Gasteiger partial charge < -0.3 is 0 Å². The number of nitrogens with one attached hydrogen (secondary N) is 1. The van der Waals surface area contributed by atoms with E-state index in [0.717, 1.165) is 16.7 Å². The summed E-state index contributed by atoms with van der Waals surface area (Å²) in [5.41, 5.74) is 3.51. The Morgan fingerprint density at radius 2 is 1.68 bits per heavy atom. The van der Waals surface area contributed by atoms with Gasteiger partial charge in [-0.2, -0.15) is 0 Å². The quantitative estimate of drug-likeness (QED) is 0.666. The zero-order valence-corrected chi connectivity index (χ0v) is 15.5. The number of hydrogen-bond donors (Lipinski definition) is 1. The number of anilines is 1. The van der Waals surface area contributed by atoms with Gasteiger partial charge in [0.15, 0.2) is 0 Å². The topological polar surface area (TPSA) is 59.1 Å². The highest BCUT2D eigenvalue weighted by atomic mass is 35.5. The van der Waals surface area contributed by atoms with Crippen molar-refractivity contribution in [3.63, 3.8) is 0 Å². The van der Waals surface area contributed by atoms with Crippen molar-refractivity contribution in [1.82, 2.24) is 4.98 Å². The van der Waals surface area contributed by atoms with Crippen LogP contribution in [0.25, 0.3) is 11.1 Å². The van der Waals surface area contributed by atoms with Gasteiger partial charge in [0.2, 0.25) is 0 Å². The third-order valence-electron chi connectivity index (χ3n) is 3.69. The summed E-state index contributed by atoms with van der Waals surface area (Å²) in [7, 11) is -3.74. The summed E-state index contributed by atoms with van der Waals surface area (Å²) in [6.45, 7) is 2.00. The van der Waals surface area contributed by atoms with E-state index in [4.69, 9.17) is 23.2 Å². The first-order valence-electron chi connectivity index (χ1n) is 7.36. The molecular formula is C18H14Cl2N2O2S. The highest BCUT2D eigenvalue weighted by Gasteiger charge is 2.15. The molecular weight excluding hydrogens is 379 g/mol. The van der Waals surface area contributed by atoms with E-state index in [2.05, 4.69) is 9.71 Å². The molecule has 4 nitrogen and oxygen atoms in total. The van der Waals surface area contributed by atoms with Crippen LogP contribution in [0.2, 0.25) is 10.0 Å². The second-order valence-electron chi connectivity index (χ2n) is 5.45. The molecule has 0 fully saturated rings. The molecule has 2 aromatic carbocycles. The zero-order chi connectivity index (χ0) is 18.0. The van der Waals surface area contributed by atoms with E-state index in [9.17, 15) is 8.42 Å². The fourth-order valence-corrected chi connectivity index (χ4v) is 3.79. The maximum Gasteiger partial charge on any atom is 0.261 e. The zero-order valence-electron chi connectivity index (χ0n) is 13.2. The van der Waals surface area contributed by atoms with Gasteiger partial charge >= 0.3 is 0 Å². The number of pyridine rings is 1. The monoisotopic (exact) mass is 392 g/mol. The molecule has 0 atom stereocenters. The minimum Gasteiger partial charge on any atom is -0.280 e. The van der Waals surface area contributed by atoms with Gasteiger partial charge in [-0.3, -0.25) is 9.71 Å². The molecule has 0 spiro atoms. The average Bonchev–Trinajstić information content (AvgIpc) is 2.58. The molecule has 3 aromatic rings. The van der Waals surface area contributed by atoms with Crippen LogP contribution in [0.1, 0.15) is 5.56 Å². The molecule has 0 amide bonds. The number of aromatic nitrogens is 1. The first kappa shape index (κ1) is 17.7. The van der Waals surface area contributed by atoms with Crippen molar-refractivity contribution in [2.45, 2.75) is 11.8 Å². The van der Waals surface area contributed by atoms with Crippen LogP contribution in [-0.2, 0) is 10.0 Å². The van der Waals surface area contributed by atoms with Gasteiger partial charge in [-0.05, 0) is 54.4 Å². The fourth-order valence-electron chi connectivity index (χ4n) is 2.34. The molecule has 0 aliphatic carbocycles. The summed E-state index contributed by atoms with van der Waals surface area (Å²) in [5.74, 6) is 0. The van der Waals surface area contributed by atoms with Gasteiger partial charge in [-0.15, -0.1) is 0 Å². The maximum absolute atomic E-state index is 12.5. The minimum absolute atomic E-state index is 0.0501. The van der Waals surface area contributed by atoms with Crippen molar-refractivity contribution >= 4 is 38.9 Å². The number of sulfonamides is 1. The number of nitrogens with zero attached hydrogens (tertiary/aromatic N) is 1. The normalized spacial score (nSPS) is 11.3. The Morgan fingerprint density at radius 3 is 2.32 bits per heavy atom. The molecule has 0 saturated heterocycles. The summed E-state index contributed by atoms with van der Waals surface area (Å²) in [5, 5.41) is 0.490. The van der Waals surface area contributed by atoms with Crippen molar-refractivity contribution in [3.8, 4) is 11.1 Å². The Bertz CT molecular complexity index is 1020. The van der Waals surface area contributed by atoms with E-state index in [1.54, 1.807) is 24.5 Å². The highest BCUT2D eigenvalue weighted by Crippen LogP contribution is 2.27. The van der Waals surface area contributed by atoms with Crippen molar-refractivity contribution in [2.24, 2.45) is 0 Å². The largest absolute Gasteiger partial charge is 0.280 e. The molecule has 0 aliphatic heterocycles. The van der Waals surface area contributed by atoms with Crippen LogP contribution < -0.4 is 4.72 Å². The third kappa shape index (κ3) is 3.95. The first-order chi connectivity index (χ1) is 11.9. The lowest BCUT2D eigenvalue weighted by Crippen LogP contribution is -2.12. The molecule has 25 heavy (non-hydrogen) atoms. The van der Waals surface area contributed by atoms with Crippen LogP contribution in [0, 0.1) is 6.92 Å². The number of rotatable bonds is 4. The predicted octanol–water partition coefficient (Wildman–Crippen LogP) is 5.16. The van der Waals surface area contributed by atoms with Crippen molar-refractivity contribution < 1.29 is 8.42 Å². The summed E-state index contributed by atoms with van der Waals surface area (Å²) < 4.78 is 27.4. The van der Waals surface area contributed by atoms with Gasteiger partial charge in [0.05, 0.1) is 14.9 Å². The van der Waals surface area contributed by atoms with E-state index >= 15 is 0 Å². The van der Waals surface area contributed by atoms with Gasteiger partial charge in [0.25, 0.3) is 10.0 Å². The lowest BCUT2D eigenvalue weighted by molar-refractivity contribution is 0.601. The SMILES string of the molecule is Cc1ccncc1-c1ccc(NS(=O)(=O)c2ccc(Cl)c(Cl)c2)cc1. The molecule has 1 heterocycles. The Hall–Kier alpha value is -2.08. The maximum atomic E-state index is 12.5. The van der Waals surface area contributed by atoms with Crippen LogP contribution in [-0.4, -0.2) is 13.4 Å². The van der Waals surface area contributed by atoms with Gasteiger partial charge in [0, 0.05) is 23.6 Å². The number of benzene rings is 2. The molecule has 0 unspecified atom stereocenters. The number of hydrogen-bond acceptors (Lipinski definition) is 3. The predicted molar refractivity (Wildman–Crippen MR) is 102 cm³/mol. The second kappa shape index (κ2) is 7.04. The van der Waals surface area contributed by atoms with Crippen LogP contribution in [0.5, 0.6) is 0 Å². The van der Waals surface area contributed by atoms with Crippen LogP contribution in [0.3, 0.4) is 0 Å². The third-order valence-corrected chi connectivity index (χ3v) is 5.81. The molecule has 0 bridgehead atoms. The summed E-state index contributed by atoms with van der Waals surface area (Å²) in [6.07, 6.45) is 3.52. The molecule has 7 heteroatoms. The molecule has 0 saturated carbocycles. The van der Waals surface area contributed by atoms with E-state index in [0.29, 0.717) is 10.7 Å². The minimum atomic E-state index is -3.74. The Balaban J connectivity index is 1.86. The molecule has 0 aliphatic rings. The van der Waals surface area contributed by atoms with Crippen LogP contribution in [0.15, 0.2) is 65.8 Å². The molecule has 1 aromatic heterocycles. The van der Waals surface area contributed by atoms with Gasteiger partial charge in [-0.25, -0.2) is 8.42 Å². The number of aryl methyl sites for hydroxylation is 1. The smallest absolute Gasteiger partial charge is 0.261 e. The van der Waals surface area contributed by atoms with Gasteiger partial charge in [0.1, 0.15) is 0 Å². The lowest BCUT2D eigenvalue weighted by Gasteiger charge is -2.10. The van der Waals surface area contributed by atoms with E-state index < -0.39 is 10.0 Å². The van der Waals surface area contributed by atoms with Crippen molar-refractivity contribution in [3.05, 3.63) is 76.5 Å². The Labute approximate surface area is 156 Å². The standard InChI is InChI=1S/C18H14Cl2N2O2S/c1-12-8-9-21-11-16(12)13-2-4-14(5-3-13)22-25(23,24)15-6-7-17(19)18(20)10-15/h2-11,22H,1H3. The summed E-state index contributed by atoms with van der Waals surface area (Å²) >= 11 is 11.7. The van der Waals surface area contributed by atoms with Crippen LogP contribution >= 0.6 is 23.2 Å². The summed E-state index contributed by atoms with van der Waals surface area (Å²) in [6, 6.07) is 13.2.